The van der Waals surface area contributed by atoms with E-state index in [0.29, 0.717) is 17.9 Å². The Hall–Kier alpha value is -1.16. The number of hydrogen-bond donors (Lipinski definition) is 1. The number of hydrogen-bond acceptors (Lipinski definition) is 2. The second-order valence-electron chi connectivity index (χ2n) is 4.78. The molecular formula is C13H19NO2S. The topological polar surface area (TPSA) is 46.2 Å². The maximum absolute atomic E-state index is 11.7. The molecule has 1 atom stereocenters. The largest absolute Gasteiger partial charge is 0.351 e. The number of benzene rings is 1. The third-order valence-electron chi connectivity index (χ3n) is 2.29. The molecule has 0 aliphatic carbocycles. The van der Waals surface area contributed by atoms with Crippen molar-refractivity contribution >= 4 is 16.7 Å². The van der Waals surface area contributed by atoms with Crippen molar-refractivity contribution in [1.29, 1.82) is 0 Å². The van der Waals surface area contributed by atoms with E-state index in [1.165, 1.54) is 0 Å². The first-order valence-electron chi connectivity index (χ1n) is 5.63. The Labute approximate surface area is 105 Å². The molecule has 0 fully saturated rings. The maximum Gasteiger partial charge on any atom is 0.251 e. The van der Waals surface area contributed by atoms with Gasteiger partial charge in [-0.2, -0.15) is 0 Å². The predicted molar refractivity (Wildman–Crippen MR) is 71.5 cm³/mol. The summed E-state index contributed by atoms with van der Waals surface area (Å²) >= 11 is 0. The molecule has 0 bridgehead atoms. The molecule has 0 aliphatic heterocycles. The minimum Gasteiger partial charge on any atom is -0.351 e. The van der Waals surface area contributed by atoms with E-state index in [9.17, 15) is 9.00 Å². The number of amides is 1. The molecule has 0 heterocycles. The zero-order valence-electron chi connectivity index (χ0n) is 10.5. The predicted octanol–water partition coefficient (Wildman–Crippen LogP) is 1.96. The molecule has 0 saturated heterocycles. The molecule has 3 nitrogen and oxygen atoms in total. The Morgan fingerprint density at radius 1 is 1.24 bits per heavy atom. The first-order valence-corrected chi connectivity index (χ1v) is 6.95. The number of rotatable bonds is 4. The van der Waals surface area contributed by atoms with E-state index < -0.39 is 10.8 Å². The molecule has 1 aromatic rings. The Bertz CT molecular complexity index is 396. The van der Waals surface area contributed by atoms with Crippen molar-refractivity contribution in [2.75, 3.05) is 12.3 Å². The zero-order valence-corrected chi connectivity index (χ0v) is 11.3. The number of carbonyl (C=O) groups is 1. The van der Waals surface area contributed by atoms with Gasteiger partial charge in [0.05, 0.1) is 0 Å². The highest BCUT2D eigenvalue weighted by Crippen LogP contribution is 2.10. The molecule has 0 aromatic heterocycles. The van der Waals surface area contributed by atoms with Crippen LogP contribution in [-0.4, -0.2) is 27.2 Å². The SMILES string of the molecule is CC(C)(C)S(=O)CCNC(=O)c1ccccc1. The third kappa shape index (κ3) is 4.69. The molecule has 1 N–H and O–H groups in total. The van der Waals surface area contributed by atoms with Gasteiger partial charge in [-0.05, 0) is 32.9 Å². The highest BCUT2D eigenvalue weighted by Gasteiger charge is 2.18. The van der Waals surface area contributed by atoms with Crippen LogP contribution < -0.4 is 5.32 Å². The highest BCUT2D eigenvalue weighted by atomic mass is 32.2. The summed E-state index contributed by atoms with van der Waals surface area (Å²) in [6.07, 6.45) is 0. The second kappa shape index (κ2) is 5.96. The van der Waals surface area contributed by atoms with Crippen LogP contribution in [0.2, 0.25) is 0 Å². The van der Waals surface area contributed by atoms with Gasteiger partial charge in [0.25, 0.3) is 5.91 Å². The van der Waals surface area contributed by atoms with Crippen LogP contribution in [0.5, 0.6) is 0 Å². The molecule has 0 aliphatic rings. The lowest BCUT2D eigenvalue weighted by atomic mass is 10.2. The fraction of sp³-hybridized carbons (Fsp3) is 0.462. The first-order chi connectivity index (χ1) is 7.91. The Morgan fingerprint density at radius 2 is 1.82 bits per heavy atom. The smallest absolute Gasteiger partial charge is 0.251 e. The first kappa shape index (κ1) is 13.9. The van der Waals surface area contributed by atoms with Crippen LogP contribution >= 0.6 is 0 Å². The van der Waals surface area contributed by atoms with E-state index in [1.54, 1.807) is 12.1 Å². The quantitative estimate of drug-likeness (QED) is 0.891. The molecule has 1 rings (SSSR count). The molecule has 1 unspecified atom stereocenters. The highest BCUT2D eigenvalue weighted by molar-refractivity contribution is 7.86. The van der Waals surface area contributed by atoms with Crippen molar-refractivity contribution in [2.45, 2.75) is 25.5 Å². The van der Waals surface area contributed by atoms with Crippen molar-refractivity contribution in [2.24, 2.45) is 0 Å². The summed E-state index contributed by atoms with van der Waals surface area (Å²) in [4.78, 5) is 11.7. The van der Waals surface area contributed by atoms with E-state index in [-0.39, 0.29) is 10.7 Å². The van der Waals surface area contributed by atoms with Gasteiger partial charge in [0.15, 0.2) is 0 Å². The lowest BCUT2D eigenvalue weighted by Crippen LogP contribution is -2.32. The van der Waals surface area contributed by atoms with Crippen LogP contribution in [0.25, 0.3) is 0 Å². The molecule has 17 heavy (non-hydrogen) atoms. The molecule has 4 heteroatoms. The van der Waals surface area contributed by atoms with Gasteiger partial charge in [-0.15, -0.1) is 0 Å². The molecule has 0 saturated carbocycles. The minimum absolute atomic E-state index is 0.114. The molecule has 94 valence electrons. The van der Waals surface area contributed by atoms with Crippen molar-refractivity contribution in [1.82, 2.24) is 5.32 Å². The zero-order chi connectivity index (χ0) is 12.9. The average Bonchev–Trinajstić information content (AvgIpc) is 2.28. The average molecular weight is 253 g/mol. The van der Waals surface area contributed by atoms with Crippen LogP contribution in [0.1, 0.15) is 31.1 Å². The van der Waals surface area contributed by atoms with Gasteiger partial charge < -0.3 is 5.32 Å². The fourth-order valence-corrected chi connectivity index (χ4v) is 2.15. The summed E-state index contributed by atoms with van der Waals surface area (Å²) in [7, 11) is -0.925. The third-order valence-corrected chi connectivity index (χ3v) is 4.23. The lowest BCUT2D eigenvalue weighted by Gasteiger charge is -2.17. The normalized spacial score (nSPS) is 13.1. The van der Waals surface area contributed by atoms with Crippen LogP contribution in [-0.2, 0) is 10.8 Å². The molecule has 1 aromatic carbocycles. The van der Waals surface area contributed by atoms with Crippen molar-refractivity contribution in [3.63, 3.8) is 0 Å². The van der Waals surface area contributed by atoms with Crippen molar-refractivity contribution in [3.8, 4) is 0 Å². The van der Waals surface area contributed by atoms with E-state index in [4.69, 9.17) is 0 Å². The van der Waals surface area contributed by atoms with Gasteiger partial charge >= 0.3 is 0 Å². The van der Waals surface area contributed by atoms with E-state index in [0.717, 1.165) is 0 Å². The maximum atomic E-state index is 11.7. The minimum atomic E-state index is -0.925. The molecule has 0 radical (unpaired) electrons. The van der Waals surface area contributed by atoms with Crippen LogP contribution in [0.15, 0.2) is 30.3 Å². The molecule has 1 amide bonds. The fourth-order valence-electron chi connectivity index (χ4n) is 1.26. The van der Waals surface area contributed by atoms with E-state index >= 15 is 0 Å². The lowest BCUT2D eigenvalue weighted by molar-refractivity contribution is 0.0956. The summed E-state index contributed by atoms with van der Waals surface area (Å²) in [6.45, 7) is 6.24. The molecular weight excluding hydrogens is 234 g/mol. The van der Waals surface area contributed by atoms with Crippen molar-refractivity contribution in [3.05, 3.63) is 35.9 Å². The van der Waals surface area contributed by atoms with Crippen molar-refractivity contribution < 1.29 is 9.00 Å². The summed E-state index contributed by atoms with van der Waals surface area (Å²) in [5, 5.41) is 2.77. The van der Waals surface area contributed by atoms with Gasteiger partial charge in [-0.25, -0.2) is 0 Å². The number of nitrogens with one attached hydrogen (secondary N) is 1. The van der Waals surface area contributed by atoms with Gasteiger partial charge in [-0.1, -0.05) is 18.2 Å². The van der Waals surface area contributed by atoms with Gasteiger partial charge in [-0.3, -0.25) is 9.00 Å². The van der Waals surface area contributed by atoms with Gasteiger partial charge in [0.2, 0.25) is 0 Å². The van der Waals surface area contributed by atoms with Crippen LogP contribution in [0.4, 0.5) is 0 Å². The summed E-state index contributed by atoms with van der Waals surface area (Å²) in [6, 6.07) is 9.03. The Balaban J connectivity index is 2.38. The molecule has 0 spiro atoms. The summed E-state index contributed by atoms with van der Waals surface area (Å²) in [5.41, 5.74) is 0.633. The monoisotopic (exact) mass is 253 g/mol. The van der Waals surface area contributed by atoms with E-state index in [1.807, 2.05) is 39.0 Å². The van der Waals surface area contributed by atoms with E-state index in [2.05, 4.69) is 5.32 Å². The van der Waals surface area contributed by atoms with Gasteiger partial charge in [0.1, 0.15) is 0 Å². The standard InChI is InChI=1S/C13H19NO2S/c1-13(2,3)17(16)10-9-14-12(15)11-7-5-4-6-8-11/h4-8H,9-10H2,1-3H3,(H,14,15). The Kier molecular flexibility index (Phi) is 4.87. The summed E-state index contributed by atoms with van der Waals surface area (Å²) < 4.78 is 11.5. The Morgan fingerprint density at radius 3 is 2.35 bits per heavy atom. The van der Waals surface area contributed by atoms with Crippen LogP contribution in [0, 0.1) is 0 Å². The van der Waals surface area contributed by atoms with Crippen LogP contribution in [0.3, 0.4) is 0 Å². The number of carbonyl (C=O) groups excluding carboxylic acids is 1. The summed E-state index contributed by atoms with van der Waals surface area (Å²) in [5.74, 6) is 0.374. The van der Waals surface area contributed by atoms with Gasteiger partial charge in [0, 0.05) is 33.4 Å². The second-order valence-corrected chi connectivity index (χ2v) is 7.11.